The molecule has 0 saturated heterocycles. The number of hydrogen-bond donors (Lipinski definition) is 0. The lowest BCUT2D eigenvalue weighted by atomic mass is 9.97. The Bertz CT molecular complexity index is 980. The van der Waals surface area contributed by atoms with E-state index in [0.29, 0.717) is 10.8 Å². The Morgan fingerprint density at radius 1 is 0.611 bits per heavy atom. The van der Waals surface area contributed by atoms with Crippen LogP contribution in [0.1, 0.15) is 95.7 Å². The fourth-order valence-electron chi connectivity index (χ4n) is 5.99. The highest BCUT2D eigenvalue weighted by molar-refractivity contribution is 7.79. The first kappa shape index (κ1) is 31.4. The van der Waals surface area contributed by atoms with E-state index in [4.69, 9.17) is 0 Å². The quantitative estimate of drug-likeness (QED) is 0.263. The van der Waals surface area contributed by atoms with E-state index >= 15 is 0 Å². The van der Waals surface area contributed by atoms with E-state index in [0.717, 1.165) is 0 Å². The molecular weight excluding hydrogens is 466 g/mol. The molecule has 0 saturated carbocycles. The van der Waals surface area contributed by atoms with Crippen LogP contribution in [0.15, 0.2) is 34.5 Å². The minimum absolute atomic E-state index is 0.149. The number of benzene rings is 2. The Labute approximate surface area is 230 Å². The van der Waals surface area contributed by atoms with Crippen LogP contribution < -0.4 is 10.6 Å². The lowest BCUT2D eigenvalue weighted by molar-refractivity contribution is 0.440. The maximum absolute atomic E-state index is 2.74. The van der Waals surface area contributed by atoms with Crippen molar-refractivity contribution in [3.8, 4) is 0 Å². The molecule has 0 radical (unpaired) electrons. The van der Waals surface area contributed by atoms with Crippen molar-refractivity contribution >= 4 is 32.7 Å². The highest BCUT2D eigenvalue weighted by atomic mass is 31.1. The maximum atomic E-state index is 2.74. The number of rotatable bonds is 6. The highest BCUT2D eigenvalue weighted by Gasteiger charge is 2.38. The average Bonchev–Trinajstić information content (AvgIpc) is 2.59. The predicted octanol–water partition coefficient (Wildman–Crippen LogP) is 10.0. The highest BCUT2D eigenvalue weighted by Crippen LogP contribution is 2.52. The van der Waals surface area contributed by atoms with Crippen LogP contribution in [0, 0.1) is 57.8 Å². The molecule has 0 aliphatic heterocycles. The number of allylic oxidation sites excluding steroid dienone is 1. The molecule has 198 valence electrons. The van der Waals surface area contributed by atoms with Gasteiger partial charge in [0.1, 0.15) is 0 Å². The van der Waals surface area contributed by atoms with Gasteiger partial charge in [-0.1, -0.05) is 114 Å². The predicted molar refractivity (Wildman–Crippen MR) is 169 cm³/mol. The van der Waals surface area contributed by atoms with E-state index in [9.17, 15) is 0 Å². The van der Waals surface area contributed by atoms with Crippen molar-refractivity contribution < 1.29 is 0 Å². The van der Waals surface area contributed by atoms with Crippen LogP contribution in [0.5, 0.6) is 0 Å². The molecule has 2 heteroatoms. The molecule has 0 heterocycles. The third kappa shape index (κ3) is 8.87. The SMILES string of the molecule is Cc1cc(C)c(P(/[C](=C/C(C)(C)C)[Al]([CH2]C(C)(C)C)[CH2]C(C)(C)C)c2c(C)cc(C)cc2C)c(C)c1. The molecule has 0 aliphatic rings. The zero-order chi connectivity index (χ0) is 27.8. The maximum Gasteiger partial charge on any atom is 0.308 e. The topological polar surface area (TPSA) is 0 Å². The Kier molecular flexibility index (Phi) is 10.0. The van der Waals surface area contributed by atoms with Crippen molar-refractivity contribution in [3.05, 3.63) is 67.9 Å². The third-order valence-electron chi connectivity index (χ3n) is 6.69. The van der Waals surface area contributed by atoms with Gasteiger partial charge in [-0.15, -0.1) is 4.18 Å². The van der Waals surface area contributed by atoms with Crippen molar-refractivity contribution in [1.29, 1.82) is 0 Å². The number of aryl methyl sites for hydroxylation is 6. The second-order valence-corrected chi connectivity index (χ2v) is 20.4. The van der Waals surface area contributed by atoms with E-state index in [2.05, 4.69) is 134 Å². The van der Waals surface area contributed by atoms with Crippen LogP contribution in [0.4, 0.5) is 0 Å². The first-order valence-electron chi connectivity index (χ1n) is 13.9. The van der Waals surface area contributed by atoms with Gasteiger partial charge in [0.15, 0.2) is 0 Å². The van der Waals surface area contributed by atoms with Crippen LogP contribution in [-0.4, -0.2) is 14.1 Å². The second kappa shape index (κ2) is 11.5. The molecule has 0 unspecified atom stereocenters. The number of hydrogen-bond acceptors (Lipinski definition) is 0. The van der Waals surface area contributed by atoms with E-state index in [-0.39, 0.29) is 5.41 Å². The van der Waals surface area contributed by atoms with Crippen LogP contribution >= 0.6 is 7.92 Å². The van der Waals surface area contributed by atoms with Gasteiger partial charge in [0.25, 0.3) is 0 Å². The summed E-state index contributed by atoms with van der Waals surface area (Å²) in [5, 5.41) is 5.92. The van der Waals surface area contributed by atoms with Crippen molar-refractivity contribution in [2.75, 3.05) is 0 Å². The first-order valence-corrected chi connectivity index (χ1v) is 17.4. The summed E-state index contributed by atoms with van der Waals surface area (Å²) >= 11 is -1.31. The zero-order valence-corrected chi connectivity index (χ0v) is 28.4. The average molecular weight is 521 g/mol. The molecule has 0 fully saturated rings. The lowest BCUT2D eigenvalue weighted by Crippen LogP contribution is -2.33. The Morgan fingerprint density at radius 2 is 0.917 bits per heavy atom. The molecule has 0 spiro atoms. The van der Waals surface area contributed by atoms with Gasteiger partial charge in [0.2, 0.25) is 0 Å². The molecule has 0 bridgehead atoms. The first-order chi connectivity index (χ1) is 16.2. The van der Waals surface area contributed by atoms with Gasteiger partial charge in [0.05, 0.1) is 0 Å². The smallest absolute Gasteiger partial charge is 0.104 e. The van der Waals surface area contributed by atoms with Gasteiger partial charge in [0, 0.05) is 0 Å². The van der Waals surface area contributed by atoms with Crippen LogP contribution in [-0.2, 0) is 0 Å². The summed E-state index contributed by atoms with van der Waals surface area (Å²) in [6, 6.07) is 9.70. The van der Waals surface area contributed by atoms with Crippen molar-refractivity contribution in [3.63, 3.8) is 0 Å². The molecule has 0 amide bonds. The summed E-state index contributed by atoms with van der Waals surface area (Å²) in [4.78, 5) is 0. The van der Waals surface area contributed by atoms with Gasteiger partial charge in [-0.05, 0) is 98.6 Å². The normalized spacial score (nSPS) is 13.5. The Hall–Kier alpha value is -0.858. The molecule has 2 aromatic rings. The summed E-state index contributed by atoms with van der Waals surface area (Å²) in [6.07, 6.45) is 2.74. The molecule has 2 rings (SSSR count). The summed E-state index contributed by atoms with van der Waals surface area (Å²) in [5.74, 6) is 0. The molecule has 0 aliphatic carbocycles. The van der Waals surface area contributed by atoms with Crippen molar-refractivity contribution in [2.24, 2.45) is 16.2 Å². The standard InChI is InChI=1S/C24H32P.2C5H11.Al/c1-16-12-18(3)22(19(4)13-16)25(11-10-24(7,8)9)23-20(5)14-17(2)15-21(23)6;2*1-5(2,3)4;/h10,12-15H,1-9H3;2*1H2,2-4H3;. The molecule has 0 N–H and O–H groups in total. The summed E-state index contributed by atoms with van der Waals surface area (Å²) in [6.45, 7) is 35.9. The largest absolute Gasteiger partial charge is 0.308 e. The fraction of sp³-hybridized carbons (Fsp3) is 0.588. The molecule has 36 heavy (non-hydrogen) atoms. The zero-order valence-electron chi connectivity index (χ0n) is 26.3. The molecule has 0 atom stereocenters. The van der Waals surface area contributed by atoms with Crippen molar-refractivity contribution in [1.82, 2.24) is 0 Å². The van der Waals surface area contributed by atoms with E-state index in [1.54, 1.807) is 10.6 Å². The Balaban J connectivity index is 3.06. The molecule has 2 aromatic carbocycles. The van der Waals surface area contributed by atoms with Crippen LogP contribution in [0.25, 0.3) is 0 Å². The minimum atomic E-state index is -1.31. The molecule has 0 aromatic heterocycles. The van der Waals surface area contributed by atoms with Gasteiger partial charge in [-0.25, -0.2) is 0 Å². The summed E-state index contributed by atoms with van der Waals surface area (Å²) in [5.41, 5.74) is 9.43. The van der Waals surface area contributed by atoms with Gasteiger partial charge < -0.3 is 0 Å². The van der Waals surface area contributed by atoms with Crippen LogP contribution in [0.3, 0.4) is 0 Å². The summed E-state index contributed by atoms with van der Waals surface area (Å²) < 4.78 is 1.83. The second-order valence-electron chi connectivity index (χ2n) is 15.0. The molecule has 0 nitrogen and oxygen atoms in total. The van der Waals surface area contributed by atoms with Crippen LogP contribution in [0.2, 0.25) is 10.6 Å². The lowest BCUT2D eigenvalue weighted by Gasteiger charge is -2.37. The minimum Gasteiger partial charge on any atom is -0.104 e. The summed E-state index contributed by atoms with van der Waals surface area (Å²) in [7, 11) is -0.609. The van der Waals surface area contributed by atoms with Gasteiger partial charge in [-0.2, -0.15) is 0 Å². The Morgan fingerprint density at radius 3 is 1.17 bits per heavy atom. The van der Waals surface area contributed by atoms with E-state index < -0.39 is 22.1 Å². The van der Waals surface area contributed by atoms with E-state index in [1.807, 2.05) is 4.18 Å². The fourth-order valence-corrected chi connectivity index (χ4v) is 16.0. The molecular formula is C34H54AlP. The monoisotopic (exact) mass is 520 g/mol. The van der Waals surface area contributed by atoms with E-state index in [1.165, 1.54) is 43.9 Å². The van der Waals surface area contributed by atoms with Gasteiger partial charge in [-0.3, -0.25) is 0 Å². The van der Waals surface area contributed by atoms with Crippen molar-refractivity contribution in [2.45, 2.75) is 114 Å². The third-order valence-corrected chi connectivity index (χ3v) is 16.0. The van der Waals surface area contributed by atoms with Gasteiger partial charge >= 0.3 is 14.1 Å².